The molecular weight excluding hydrogens is 421 g/mol. The minimum atomic E-state index is -1.06. The molecule has 0 saturated carbocycles. The highest BCUT2D eigenvalue weighted by atomic mass is 79.9. The van der Waals surface area contributed by atoms with E-state index >= 15 is 0 Å². The molecule has 100 valence electrons. The summed E-state index contributed by atoms with van der Waals surface area (Å²) in [5, 5.41) is -0.860. The van der Waals surface area contributed by atoms with E-state index < -0.39 is 27.4 Å². The van der Waals surface area contributed by atoms with Gasteiger partial charge in [-0.3, -0.25) is 0 Å². The van der Waals surface area contributed by atoms with Gasteiger partial charge < -0.3 is 9.47 Å². The summed E-state index contributed by atoms with van der Waals surface area (Å²) in [6.45, 7) is -0.0708. The zero-order valence-corrected chi connectivity index (χ0v) is 13.6. The van der Waals surface area contributed by atoms with Crippen molar-refractivity contribution in [1.82, 2.24) is 0 Å². The van der Waals surface area contributed by atoms with Crippen molar-refractivity contribution in [3.05, 3.63) is 31.1 Å². The van der Waals surface area contributed by atoms with Crippen LogP contribution in [0.1, 0.15) is 0 Å². The molecule has 0 bridgehead atoms. The number of ether oxygens (including phenoxy) is 2. The highest BCUT2D eigenvalue weighted by molar-refractivity contribution is 9.28. The molecule has 0 radical (unpaired) electrons. The third-order valence-electron chi connectivity index (χ3n) is 1.85. The van der Waals surface area contributed by atoms with Crippen LogP contribution in [0.3, 0.4) is 0 Å². The Bertz CT molecular complexity index is 462. The summed E-state index contributed by atoms with van der Waals surface area (Å²) in [5.41, 5.74) is 0. The second kappa shape index (κ2) is 6.93. The van der Waals surface area contributed by atoms with Crippen molar-refractivity contribution in [1.29, 1.82) is 0 Å². The van der Waals surface area contributed by atoms with Gasteiger partial charge in [0, 0.05) is 0 Å². The molecule has 0 saturated heterocycles. The van der Waals surface area contributed by atoms with Gasteiger partial charge in [-0.2, -0.15) is 0 Å². The Morgan fingerprint density at radius 3 is 2.06 bits per heavy atom. The summed E-state index contributed by atoms with van der Waals surface area (Å²) in [6.07, 6.45) is 1.50. The average Bonchev–Trinajstić information content (AvgIpc) is 2.31. The van der Waals surface area contributed by atoms with E-state index in [1.165, 1.54) is 13.2 Å². The number of halogens is 6. The lowest BCUT2D eigenvalue weighted by Crippen LogP contribution is -2.02. The van der Waals surface area contributed by atoms with Gasteiger partial charge in [0.15, 0.2) is 23.1 Å². The van der Waals surface area contributed by atoms with Crippen molar-refractivity contribution in [3.8, 4) is 11.5 Å². The molecule has 0 spiro atoms. The molecule has 0 atom stereocenters. The SMILES string of the molecule is COc1c(Cl)c(F)c(OCC=C(Br)Br)c(F)c1Cl. The standard InChI is InChI=1S/C10H6Br2Cl2F2O2/c1-17-9-5(13)7(15)10(8(16)6(9)14)18-3-2-4(11)12/h2H,3H2,1H3. The zero-order chi connectivity index (χ0) is 13.9. The van der Waals surface area contributed by atoms with Gasteiger partial charge in [0.1, 0.15) is 16.7 Å². The van der Waals surface area contributed by atoms with E-state index in [1.54, 1.807) is 0 Å². The van der Waals surface area contributed by atoms with Crippen LogP contribution in [0.5, 0.6) is 11.5 Å². The van der Waals surface area contributed by atoms with Crippen LogP contribution in [-0.2, 0) is 0 Å². The van der Waals surface area contributed by atoms with Gasteiger partial charge in [-0.25, -0.2) is 8.78 Å². The molecule has 8 heteroatoms. The maximum absolute atomic E-state index is 13.7. The lowest BCUT2D eigenvalue weighted by Gasteiger charge is -2.12. The number of hydrogen-bond acceptors (Lipinski definition) is 2. The second-order valence-electron chi connectivity index (χ2n) is 2.92. The third-order valence-corrected chi connectivity index (χ3v) is 3.17. The number of benzene rings is 1. The Hall–Kier alpha value is -0.0400. The zero-order valence-electron chi connectivity index (χ0n) is 8.87. The van der Waals surface area contributed by atoms with Crippen molar-refractivity contribution in [3.63, 3.8) is 0 Å². The topological polar surface area (TPSA) is 18.5 Å². The molecule has 0 heterocycles. The summed E-state index contributed by atoms with van der Waals surface area (Å²) in [6, 6.07) is 0. The number of methoxy groups -OCH3 is 1. The van der Waals surface area contributed by atoms with Crippen LogP contribution in [0.2, 0.25) is 10.0 Å². The summed E-state index contributed by atoms with van der Waals surface area (Å²) in [7, 11) is 1.21. The van der Waals surface area contributed by atoms with Crippen LogP contribution in [0.4, 0.5) is 8.78 Å². The van der Waals surface area contributed by atoms with Gasteiger partial charge in [-0.15, -0.1) is 0 Å². The Labute approximate surface area is 129 Å². The maximum Gasteiger partial charge on any atom is 0.194 e. The van der Waals surface area contributed by atoms with Crippen molar-refractivity contribution in [2.24, 2.45) is 0 Å². The summed E-state index contributed by atoms with van der Waals surface area (Å²) in [4.78, 5) is 0. The Balaban J connectivity index is 3.17. The largest absolute Gasteiger partial charge is 0.493 e. The minimum absolute atomic E-state index is 0.0708. The van der Waals surface area contributed by atoms with Gasteiger partial charge >= 0.3 is 0 Å². The monoisotopic (exact) mass is 424 g/mol. The molecule has 0 aliphatic carbocycles. The normalized spacial score (nSPS) is 10.2. The van der Waals surface area contributed by atoms with Crippen molar-refractivity contribution >= 4 is 55.1 Å². The predicted molar refractivity (Wildman–Crippen MR) is 74.4 cm³/mol. The summed E-state index contributed by atoms with van der Waals surface area (Å²) in [5.74, 6) is -3.04. The molecule has 0 fully saturated rings. The van der Waals surface area contributed by atoms with Crippen molar-refractivity contribution in [2.75, 3.05) is 13.7 Å². The molecule has 0 aliphatic heterocycles. The molecular formula is C10H6Br2Cl2F2O2. The first-order valence-corrected chi connectivity index (χ1v) is 6.78. The van der Waals surface area contributed by atoms with Crippen LogP contribution < -0.4 is 9.47 Å². The molecule has 2 nitrogen and oxygen atoms in total. The fourth-order valence-electron chi connectivity index (χ4n) is 1.09. The van der Waals surface area contributed by atoms with E-state index in [-0.39, 0.29) is 12.4 Å². The highest BCUT2D eigenvalue weighted by Crippen LogP contribution is 2.42. The molecule has 0 N–H and O–H groups in total. The van der Waals surface area contributed by atoms with E-state index in [0.717, 1.165) is 0 Å². The lowest BCUT2D eigenvalue weighted by molar-refractivity contribution is 0.316. The first-order valence-electron chi connectivity index (χ1n) is 4.44. The van der Waals surface area contributed by atoms with Gasteiger partial charge in [-0.1, -0.05) is 23.2 Å². The van der Waals surface area contributed by atoms with Crippen molar-refractivity contribution < 1.29 is 18.3 Å². The van der Waals surface area contributed by atoms with E-state index in [2.05, 4.69) is 31.9 Å². The van der Waals surface area contributed by atoms with E-state index in [4.69, 9.17) is 32.7 Å². The van der Waals surface area contributed by atoms with Gasteiger partial charge in [0.05, 0.1) is 10.5 Å². The molecule has 1 aromatic carbocycles. The smallest absolute Gasteiger partial charge is 0.194 e. The number of hydrogen-bond donors (Lipinski definition) is 0. The highest BCUT2D eigenvalue weighted by Gasteiger charge is 2.24. The molecule has 0 aliphatic rings. The molecule has 18 heavy (non-hydrogen) atoms. The van der Waals surface area contributed by atoms with E-state index in [0.29, 0.717) is 3.39 Å². The van der Waals surface area contributed by atoms with Crippen LogP contribution in [-0.4, -0.2) is 13.7 Å². The van der Waals surface area contributed by atoms with Crippen LogP contribution in [0, 0.1) is 11.6 Å². The maximum atomic E-state index is 13.7. The van der Waals surface area contributed by atoms with Gasteiger partial charge in [0.25, 0.3) is 0 Å². The lowest BCUT2D eigenvalue weighted by atomic mass is 10.3. The Kier molecular flexibility index (Phi) is 6.17. The quantitative estimate of drug-likeness (QED) is 0.609. The first kappa shape index (κ1) is 16.0. The summed E-state index contributed by atoms with van der Waals surface area (Å²) >= 11 is 17.5. The van der Waals surface area contributed by atoms with Crippen LogP contribution in [0.15, 0.2) is 9.47 Å². The molecule has 0 unspecified atom stereocenters. The Morgan fingerprint density at radius 1 is 1.17 bits per heavy atom. The fourth-order valence-corrected chi connectivity index (χ4v) is 1.91. The first-order chi connectivity index (χ1) is 8.40. The predicted octanol–water partition coefficient (Wildman–Crippen LogP) is 5.29. The van der Waals surface area contributed by atoms with E-state index in [1.807, 2.05) is 0 Å². The minimum Gasteiger partial charge on any atom is -0.493 e. The molecule has 1 rings (SSSR count). The number of rotatable bonds is 4. The molecule has 0 aromatic heterocycles. The Morgan fingerprint density at radius 2 is 1.67 bits per heavy atom. The van der Waals surface area contributed by atoms with Crippen LogP contribution in [0.25, 0.3) is 0 Å². The van der Waals surface area contributed by atoms with Crippen LogP contribution >= 0.6 is 55.1 Å². The third kappa shape index (κ3) is 3.50. The fraction of sp³-hybridized carbons (Fsp3) is 0.200. The summed E-state index contributed by atoms with van der Waals surface area (Å²) < 4.78 is 37.7. The second-order valence-corrected chi connectivity index (χ2v) is 6.45. The molecule has 1 aromatic rings. The van der Waals surface area contributed by atoms with Crippen molar-refractivity contribution in [2.45, 2.75) is 0 Å². The van der Waals surface area contributed by atoms with Gasteiger partial charge in [0.2, 0.25) is 0 Å². The van der Waals surface area contributed by atoms with E-state index in [9.17, 15) is 8.78 Å². The molecule has 0 amide bonds. The average molecular weight is 427 g/mol. The van der Waals surface area contributed by atoms with Gasteiger partial charge in [-0.05, 0) is 37.9 Å².